The summed E-state index contributed by atoms with van der Waals surface area (Å²) in [6, 6.07) is 16.8. The van der Waals surface area contributed by atoms with Gasteiger partial charge in [-0.15, -0.1) is 0 Å². The van der Waals surface area contributed by atoms with E-state index >= 15 is 0 Å². The maximum Gasteiger partial charge on any atom is 0.261 e. The summed E-state index contributed by atoms with van der Waals surface area (Å²) in [6.07, 6.45) is 6.76. The summed E-state index contributed by atoms with van der Waals surface area (Å²) in [7, 11) is 0. The van der Waals surface area contributed by atoms with Crippen LogP contribution in [0.4, 0.5) is 0 Å². The number of ether oxygens (including phenoxy) is 2. The Kier molecular flexibility index (Phi) is 6.73. The Morgan fingerprint density at radius 3 is 2.53 bits per heavy atom. The van der Waals surface area contributed by atoms with Gasteiger partial charge in [-0.3, -0.25) is 4.79 Å². The van der Waals surface area contributed by atoms with Crippen molar-refractivity contribution < 1.29 is 14.3 Å². The topological polar surface area (TPSA) is 47.6 Å². The van der Waals surface area contributed by atoms with Crippen LogP contribution in [-0.4, -0.2) is 31.8 Å². The van der Waals surface area contributed by atoms with Crippen molar-refractivity contribution >= 4 is 5.91 Å². The van der Waals surface area contributed by atoms with Gasteiger partial charge < -0.3 is 14.8 Å². The van der Waals surface area contributed by atoms with Gasteiger partial charge in [0, 0.05) is 25.2 Å². The zero-order valence-corrected chi connectivity index (χ0v) is 18.0. The van der Waals surface area contributed by atoms with Crippen molar-refractivity contribution in [1.29, 1.82) is 0 Å². The molecule has 2 aromatic carbocycles. The summed E-state index contributed by atoms with van der Waals surface area (Å²) in [4.78, 5) is 13.0. The molecular formula is C26H33NO3. The lowest BCUT2D eigenvalue weighted by atomic mass is 9.74. The van der Waals surface area contributed by atoms with Crippen molar-refractivity contribution in [3.63, 3.8) is 0 Å². The Hall–Kier alpha value is -2.33. The van der Waals surface area contributed by atoms with Gasteiger partial charge in [0.1, 0.15) is 5.75 Å². The van der Waals surface area contributed by atoms with E-state index in [1.54, 1.807) is 0 Å². The summed E-state index contributed by atoms with van der Waals surface area (Å²) in [5.74, 6) is 0.776. The summed E-state index contributed by atoms with van der Waals surface area (Å²) in [6.45, 7) is 4.08. The first-order valence-corrected chi connectivity index (χ1v) is 11.4. The number of rotatable bonds is 7. The van der Waals surface area contributed by atoms with Crippen molar-refractivity contribution in [3.8, 4) is 5.75 Å². The fourth-order valence-electron chi connectivity index (χ4n) is 4.76. The van der Waals surface area contributed by atoms with Gasteiger partial charge in [0.15, 0.2) is 6.10 Å². The van der Waals surface area contributed by atoms with Gasteiger partial charge in [0.2, 0.25) is 0 Å². The number of carbonyl (C=O) groups excluding carboxylic acids is 1. The third-order valence-electron chi connectivity index (χ3n) is 6.70. The van der Waals surface area contributed by atoms with Crippen LogP contribution in [0, 0.1) is 0 Å². The molecule has 2 aliphatic rings. The van der Waals surface area contributed by atoms with Crippen molar-refractivity contribution in [2.75, 3.05) is 19.8 Å². The molecule has 0 aromatic heterocycles. The van der Waals surface area contributed by atoms with E-state index in [2.05, 4.69) is 41.7 Å². The monoisotopic (exact) mass is 407 g/mol. The molecule has 0 spiro atoms. The molecule has 0 saturated carbocycles. The zero-order valence-electron chi connectivity index (χ0n) is 18.0. The van der Waals surface area contributed by atoms with Crippen LogP contribution in [0.5, 0.6) is 5.75 Å². The lowest BCUT2D eigenvalue weighted by Gasteiger charge is -2.38. The second kappa shape index (κ2) is 9.65. The summed E-state index contributed by atoms with van der Waals surface area (Å²) in [5, 5.41) is 3.21. The van der Waals surface area contributed by atoms with Crippen LogP contribution < -0.4 is 10.1 Å². The standard InChI is InChI=1S/C26H33NO3/c1-2-24(30-23-13-12-20-8-6-7-9-21(20)18-23)25(28)27-19-26(14-16-29-17-15-26)22-10-4-3-5-11-22/h3-5,10-13,18,24H,2,6-9,14-17,19H2,1H3,(H,27,28). The lowest BCUT2D eigenvalue weighted by Crippen LogP contribution is -2.48. The Bertz CT molecular complexity index is 843. The number of amides is 1. The summed E-state index contributed by atoms with van der Waals surface area (Å²) >= 11 is 0. The van der Waals surface area contributed by atoms with E-state index in [-0.39, 0.29) is 11.3 Å². The van der Waals surface area contributed by atoms with E-state index in [1.807, 2.05) is 19.1 Å². The molecule has 1 N–H and O–H groups in total. The van der Waals surface area contributed by atoms with Crippen molar-refractivity contribution in [2.24, 2.45) is 0 Å². The van der Waals surface area contributed by atoms with Gasteiger partial charge in [-0.2, -0.15) is 0 Å². The van der Waals surface area contributed by atoms with Gasteiger partial charge in [-0.25, -0.2) is 0 Å². The van der Waals surface area contributed by atoms with Gasteiger partial charge in [0.05, 0.1) is 0 Å². The Balaban J connectivity index is 1.42. The van der Waals surface area contributed by atoms with Crippen molar-refractivity contribution in [3.05, 3.63) is 65.2 Å². The minimum Gasteiger partial charge on any atom is -0.481 e. The Morgan fingerprint density at radius 2 is 1.80 bits per heavy atom. The SMILES string of the molecule is CCC(Oc1ccc2c(c1)CCCC2)C(=O)NCC1(c2ccccc2)CCOCC1. The molecule has 1 fully saturated rings. The van der Waals surface area contributed by atoms with E-state index in [9.17, 15) is 4.79 Å². The van der Waals surface area contributed by atoms with Crippen LogP contribution in [0.3, 0.4) is 0 Å². The van der Waals surface area contributed by atoms with Crippen LogP contribution in [-0.2, 0) is 27.8 Å². The average Bonchev–Trinajstić information content (AvgIpc) is 2.82. The number of hydrogen-bond acceptors (Lipinski definition) is 3. The van der Waals surface area contributed by atoms with Crippen LogP contribution >= 0.6 is 0 Å². The number of carbonyl (C=O) groups is 1. The number of nitrogens with one attached hydrogen (secondary N) is 1. The molecule has 4 nitrogen and oxygen atoms in total. The van der Waals surface area contributed by atoms with Crippen LogP contribution in [0.2, 0.25) is 0 Å². The predicted octanol–water partition coefficient (Wildman–Crippen LogP) is 4.59. The molecule has 30 heavy (non-hydrogen) atoms. The molecule has 1 aliphatic heterocycles. The molecule has 1 unspecified atom stereocenters. The molecular weight excluding hydrogens is 374 g/mol. The minimum atomic E-state index is -0.473. The molecule has 0 radical (unpaired) electrons. The van der Waals surface area contributed by atoms with Crippen molar-refractivity contribution in [1.82, 2.24) is 5.32 Å². The lowest BCUT2D eigenvalue weighted by molar-refractivity contribution is -0.128. The van der Waals surface area contributed by atoms with Gasteiger partial charge in [-0.05, 0) is 73.8 Å². The first-order valence-electron chi connectivity index (χ1n) is 11.4. The molecule has 1 saturated heterocycles. The van der Waals surface area contributed by atoms with Gasteiger partial charge >= 0.3 is 0 Å². The third-order valence-corrected chi connectivity index (χ3v) is 6.70. The molecule has 160 valence electrons. The van der Waals surface area contributed by atoms with Crippen molar-refractivity contribution in [2.45, 2.75) is 63.4 Å². The summed E-state index contributed by atoms with van der Waals surface area (Å²) < 4.78 is 11.7. The highest BCUT2D eigenvalue weighted by molar-refractivity contribution is 5.81. The number of fused-ring (bicyclic) bond motifs is 1. The highest BCUT2D eigenvalue weighted by Crippen LogP contribution is 2.34. The first-order chi connectivity index (χ1) is 14.7. The second-order valence-corrected chi connectivity index (χ2v) is 8.63. The fraction of sp³-hybridized carbons (Fsp3) is 0.500. The molecule has 1 heterocycles. The van der Waals surface area contributed by atoms with E-state index in [0.717, 1.165) is 44.6 Å². The van der Waals surface area contributed by atoms with E-state index < -0.39 is 6.10 Å². The third kappa shape index (κ3) is 4.70. The highest BCUT2D eigenvalue weighted by atomic mass is 16.5. The molecule has 1 aliphatic carbocycles. The maximum absolute atomic E-state index is 13.0. The molecule has 4 heteroatoms. The average molecular weight is 408 g/mol. The minimum absolute atomic E-state index is 0.0305. The zero-order chi connectivity index (χ0) is 20.8. The largest absolute Gasteiger partial charge is 0.481 e. The van der Waals surface area contributed by atoms with Crippen LogP contribution in [0.15, 0.2) is 48.5 Å². The molecule has 1 atom stereocenters. The van der Waals surface area contributed by atoms with Gasteiger partial charge in [-0.1, -0.05) is 43.3 Å². The van der Waals surface area contributed by atoms with E-state index in [0.29, 0.717) is 13.0 Å². The molecule has 1 amide bonds. The molecule has 0 bridgehead atoms. The van der Waals surface area contributed by atoms with Crippen LogP contribution in [0.25, 0.3) is 0 Å². The normalized spacial score (nSPS) is 18.8. The van der Waals surface area contributed by atoms with E-state index in [1.165, 1.54) is 29.5 Å². The predicted molar refractivity (Wildman–Crippen MR) is 119 cm³/mol. The first kappa shape index (κ1) is 20.9. The van der Waals surface area contributed by atoms with Gasteiger partial charge in [0.25, 0.3) is 5.91 Å². The highest BCUT2D eigenvalue weighted by Gasteiger charge is 2.35. The maximum atomic E-state index is 13.0. The summed E-state index contributed by atoms with van der Waals surface area (Å²) in [5.41, 5.74) is 4.01. The smallest absolute Gasteiger partial charge is 0.261 e. The Morgan fingerprint density at radius 1 is 1.07 bits per heavy atom. The fourth-order valence-corrected chi connectivity index (χ4v) is 4.76. The second-order valence-electron chi connectivity index (χ2n) is 8.63. The number of hydrogen-bond donors (Lipinski definition) is 1. The molecule has 4 rings (SSSR count). The van der Waals surface area contributed by atoms with E-state index in [4.69, 9.17) is 9.47 Å². The van der Waals surface area contributed by atoms with Crippen LogP contribution in [0.1, 0.15) is 55.7 Å². The number of aryl methyl sites for hydroxylation is 2. The Labute approximate surface area is 180 Å². The number of benzene rings is 2. The quantitative estimate of drug-likeness (QED) is 0.730. The molecule has 2 aromatic rings.